The standard InChI is InChI=1S/C16H17NO2/c1-14-7-4-6-12-10-16(19,17-14)13(18)9-11-5-2-3-8-15(11,12)14/h3-6,8-10,17-19H,2,7H2,1H3. The maximum absolute atomic E-state index is 10.7. The van der Waals surface area contributed by atoms with Crippen LogP contribution in [0.15, 0.2) is 59.4 Å². The third-order valence-corrected chi connectivity index (χ3v) is 4.96. The summed E-state index contributed by atoms with van der Waals surface area (Å²) in [6.07, 6.45) is 15.9. The molecule has 3 N–H and O–H groups in total. The van der Waals surface area contributed by atoms with Crippen molar-refractivity contribution in [3.8, 4) is 0 Å². The fourth-order valence-corrected chi connectivity index (χ4v) is 4.06. The fourth-order valence-electron chi connectivity index (χ4n) is 4.06. The highest BCUT2D eigenvalue weighted by Gasteiger charge is 2.60. The van der Waals surface area contributed by atoms with Crippen LogP contribution in [0, 0.1) is 5.41 Å². The number of nitrogens with one attached hydrogen (secondary N) is 1. The Morgan fingerprint density at radius 3 is 2.89 bits per heavy atom. The van der Waals surface area contributed by atoms with Crippen molar-refractivity contribution in [1.82, 2.24) is 5.32 Å². The van der Waals surface area contributed by atoms with Crippen LogP contribution in [0.25, 0.3) is 0 Å². The maximum Gasteiger partial charge on any atom is 0.195 e. The number of allylic oxidation sites excluding steroid dienone is 4. The molecule has 1 spiro atoms. The minimum atomic E-state index is -1.45. The monoisotopic (exact) mass is 255 g/mol. The van der Waals surface area contributed by atoms with Crippen molar-refractivity contribution in [3.05, 3.63) is 59.4 Å². The van der Waals surface area contributed by atoms with Gasteiger partial charge in [-0.1, -0.05) is 30.4 Å². The lowest BCUT2D eigenvalue weighted by atomic mass is 9.55. The molecular formula is C16H17NO2. The fraction of sp³-hybridized carbons (Fsp3) is 0.375. The summed E-state index contributed by atoms with van der Waals surface area (Å²) in [6, 6.07) is 0. The number of hydrogen-bond donors (Lipinski definition) is 3. The lowest BCUT2D eigenvalue weighted by Gasteiger charge is -2.56. The Bertz CT molecular complexity index is 625. The van der Waals surface area contributed by atoms with Crippen LogP contribution in [-0.2, 0) is 0 Å². The molecule has 3 nitrogen and oxygen atoms in total. The summed E-state index contributed by atoms with van der Waals surface area (Å²) in [4.78, 5) is 0. The van der Waals surface area contributed by atoms with Gasteiger partial charge in [0.15, 0.2) is 5.72 Å². The van der Waals surface area contributed by atoms with Crippen LogP contribution in [0.3, 0.4) is 0 Å². The van der Waals surface area contributed by atoms with E-state index in [1.165, 1.54) is 0 Å². The molecule has 0 amide bonds. The molecule has 0 aromatic rings. The van der Waals surface area contributed by atoms with Crippen molar-refractivity contribution in [1.29, 1.82) is 0 Å². The number of aliphatic hydroxyl groups is 2. The minimum absolute atomic E-state index is 0.0209. The zero-order valence-corrected chi connectivity index (χ0v) is 10.9. The Kier molecular flexibility index (Phi) is 1.84. The lowest BCUT2D eigenvalue weighted by molar-refractivity contribution is -0.00575. The maximum atomic E-state index is 10.7. The second-order valence-corrected chi connectivity index (χ2v) is 6.06. The molecule has 0 saturated heterocycles. The van der Waals surface area contributed by atoms with E-state index < -0.39 is 5.72 Å². The van der Waals surface area contributed by atoms with Crippen molar-refractivity contribution in [3.63, 3.8) is 0 Å². The van der Waals surface area contributed by atoms with E-state index >= 15 is 0 Å². The highest BCUT2D eigenvalue weighted by atomic mass is 16.4. The quantitative estimate of drug-likeness (QED) is 0.582. The van der Waals surface area contributed by atoms with E-state index in [0.29, 0.717) is 0 Å². The summed E-state index contributed by atoms with van der Waals surface area (Å²) in [5, 5.41) is 24.2. The first kappa shape index (κ1) is 11.3. The van der Waals surface area contributed by atoms with E-state index in [1.807, 2.05) is 0 Å². The van der Waals surface area contributed by atoms with Gasteiger partial charge in [0.2, 0.25) is 0 Å². The molecule has 0 radical (unpaired) electrons. The van der Waals surface area contributed by atoms with Gasteiger partial charge in [0, 0.05) is 5.54 Å². The Morgan fingerprint density at radius 1 is 1.26 bits per heavy atom. The molecular weight excluding hydrogens is 238 g/mol. The van der Waals surface area contributed by atoms with Gasteiger partial charge in [-0.3, -0.25) is 5.32 Å². The zero-order valence-electron chi connectivity index (χ0n) is 10.9. The zero-order chi connectivity index (χ0) is 13.3. The van der Waals surface area contributed by atoms with Crippen LogP contribution >= 0.6 is 0 Å². The topological polar surface area (TPSA) is 52.5 Å². The molecule has 98 valence electrons. The van der Waals surface area contributed by atoms with Crippen molar-refractivity contribution in [2.24, 2.45) is 5.41 Å². The van der Waals surface area contributed by atoms with Gasteiger partial charge in [-0.05, 0) is 43.1 Å². The van der Waals surface area contributed by atoms with Crippen molar-refractivity contribution in [2.45, 2.75) is 31.0 Å². The predicted octanol–water partition coefficient (Wildman–Crippen LogP) is 2.25. The normalized spacial score (nSPS) is 46.1. The molecule has 2 heterocycles. The second-order valence-electron chi connectivity index (χ2n) is 6.06. The Hall–Kier alpha value is -1.58. The summed E-state index contributed by atoms with van der Waals surface area (Å²) in [7, 11) is 0. The van der Waals surface area contributed by atoms with Crippen molar-refractivity contribution < 1.29 is 10.2 Å². The van der Waals surface area contributed by atoms with Crippen LogP contribution in [-0.4, -0.2) is 21.5 Å². The van der Waals surface area contributed by atoms with Gasteiger partial charge in [-0.25, -0.2) is 0 Å². The lowest BCUT2D eigenvalue weighted by Crippen LogP contribution is -2.67. The van der Waals surface area contributed by atoms with E-state index in [-0.39, 0.29) is 16.7 Å². The first-order chi connectivity index (χ1) is 9.00. The van der Waals surface area contributed by atoms with E-state index in [2.05, 4.69) is 42.6 Å². The summed E-state index contributed by atoms with van der Waals surface area (Å²) in [6.45, 7) is 2.12. The van der Waals surface area contributed by atoms with Crippen LogP contribution in [0.4, 0.5) is 0 Å². The number of aliphatic hydroxyl groups excluding tert-OH is 1. The van der Waals surface area contributed by atoms with E-state index in [9.17, 15) is 10.2 Å². The van der Waals surface area contributed by atoms with E-state index in [0.717, 1.165) is 24.0 Å². The van der Waals surface area contributed by atoms with Crippen molar-refractivity contribution in [2.75, 3.05) is 0 Å². The summed E-state index contributed by atoms with van der Waals surface area (Å²) < 4.78 is 0. The molecule has 3 atom stereocenters. The number of rotatable bonds is 0. The Balaban J connectivity index is 2.13. The SMILES string of the molecule is CC12CC=CC3=CC(O)(N1)C(O)=CC1=CCC=CC132. The van der Waals surface area contributed by atoms with Gasteiger partial charge in [-0.2, -0.15) is 0 Å². The smallest absolute Gasteiger partial charge is 0.195 e. The molecule has 2 aliphatic heterocycles. The van der Waals surface area contributed by atoms with Gasteiger partial charge in [0.05, 0.1) is 5.41 Å². The molecule has 3 aliphatic carbocycles. The largest absolute Gasteiger partial charge is 0.507 e. The predicted molar refractivity (Wildman–Crippen MR) is 73.3 cm³/mol. The van der Waals surface area contributed by atoms with Gasteiger partial charge < -0.3 is 10.2 Å². The van der Waals surface area contributed by atoms with Crippen LogP contribution in [0.5, 0.6) is 0 Å². The molecule has 0 aromatic carbocycles. The first-order valence-electron chi connectivity index (χ1n) is 6.71. The highest BCUT2D eigenvalue weighted by Crippen LogP contribution is 2.58. The molecule has 3 heteroatoms. The van der Waals surface area contributed by atoms with Crippen LogP contribution in [0.1, 0.15) is 19.8 Å². The minimum Gasteiger partial charge on any atom is -0.507 e. The average Bonchev–Trinajstić information content (AvgIpc) is 2.48. The molecule has 5 rings (SSSR count). The summed E-state index contributed by atoms with van der Waals surface area (Å²) in [5.41, 5.74) is 0.0733. The molecule has 0 saturated carbocycles. The molecule has 0 aromatic heterocycles. The average molecular weight is 255 g/mol. The second kappa shape index (κ2) is 3.11. The third-order valence-electron chi connectivity index (χ3n) is 4.96. The molecule has 5 aliphatic rings. The molecule has 0 fully saturated rings. The number of hydrogen-bond acceptors (Lipinski definition) is 3. The van der Waals surface area contributed by atoms with E-state index in [4.69, 9.17) is 0 Å². The Morgan fingerprint density at radius 2 is 2.11 bits per heavy atom. The Labute approximate surface area is 112 Å². The third kappa shape index (κ3) is 1.11. The van der Waals surface area contributed by atoms with Crippen molar-refractivity contribution >= 4 is 0 Å². The van der Waals surface area contributed by atoms with Crippen LogP contribution < -0.4 is 5.32 Å². The van der Waals surface area contributed by atoms with Gasteiger partial charge in [-0.15, -0.1) is 0 Å². The highest BCUT2D eigenvalue weighted by molar-refractivity contribution is 5.60. The first-order valence-corrected chi connectivity index (χ1v) is 6.71. The van der Waals surface area contributed by atoms with Gasteiger partial charge in [0.1, 0.15) is 5.76 Å². The molecule has 3 unspecified atom stereocenters. The summed E-state index contributed by atoms with van der Waals surface area (Å²) >= 11 is 0. The van der Waals surface area contributed by atoms with Gasteiger partial charge >= 0.3 is 0 Å². The molecule has 4 bridgehead atoms. The molecule has 19 heavy (non-hydrogen) atoms. The van der Waals surface area contributed by atoms with Crippen LogP contribution in [0.2, 0.25) is 0 Å². The van der Waals surface area contributed by atoms with Gasteiger partial charge in [0.25, 0.3) is 0 Å². The summed E-state index contributed by atoms with van der Waals surface area (Å²) in [5.74, 6) is -0.0209. The van der Waals surface area contributed by atoms with E-state index in [1.54, 1.807) is 12.2 Å².